The lowest BCUT2D eigenvalue weighted by Gasteiger charge is -2.14. The number of ether oxygens (including phenoxy) is 1. The van der Waals surface area contributed by atoms with Crippen LogP contribution in [0.2, 0.25) is 5.02 Å². The molecule has 0 heterocycles. The van der Waals surface area contributed by atoms with Gasteiger partial charge in [-0.15, -0.1) is 0 Å². The van der Waals surface area contributed by atoms with Crippen LogP contribution in [-0.4, -0.2) is 26.2 Å². The summed E-state index contributed by atoms with van der Waals surface area (Å²) in [6, 6.07) is 2.11. The third-order valence-electron chi connectivity index (χ3n) is 4.07. The number of nitrogens with one attached hydrogen (secondary N) is 1. The monoisotopic (exact) mass is 377 g/mol. The predicted molar refractivity (Wildman–Crippen MR) is 90.4 cm³/mol. The maximum Gasteiger partial charge on any atom is 0.267 e. The summed E-state index contributed by atoms with van der Waals surface area (Å²) in [4.78, 5) is 12.0. The molecule has 0 unspecified atom stereocenters. The van der Waals surface area contributed by atoms with Crippen molar-refractivity contribution in [3.63, 3.8) is 0 Å². The minimum Gasteiger partial charge on any atom is -0.492 e. The van der Waals surface area contributed by atoms with Crippen LogP contribution in [0, 0.1) is 11.7 Å². The van der Waals surface area contributed by atoms with Gasteiger partial charge in [0.05, 0.1) is 22.4 Å². The Labute approximate surface area is 146 Å². The molecule has 1 fully saturated rings. The molecule has 24 heavy (non-hydrogen) atoms. The largest absolute Gasteiger partial charge is 0.492 e. The van der Waals surface area contributed by atoms with E-state index in [-0.39, 0.29) is 10.8 Å². The van der Waals surface area contributed by atoms with Crippen molar-refractivity contribution >= 4 is 27.5 Å². The molecule has 0 aliphatic heterocycles. The van der Waals surface area contributed by atoms with Gasteiger partial charge in [-0.2, -0.15) is 0 Å². The molecule has 0 bridgehead atoms. The lowest BCUT2D eigenvalue weighted by atomic mass is 10.1. The van der Waals surface area contributed by atoms with E-state index in [0.717, 1.165) is 25.0 Å². The molecule has 1 aliphatic carbocycles. The first-order valence-electron chi connectivity index (χ1n) is 7.88. The molecule has 1 aromatic carbocycles. The fourth-order valence-corrected chi connectivity index (χ4v) is 3.32. The second-order valence-corrected chi connectivity index (χ2v) is 8.89. The van der Waals surface area contributed by atoms with E-state index in [4.69, 9.17) is 16.3 Å². The molecule has 134 valence electrons. The van der Waals surface area contributed by atoms with E-state index in [1.807, 2.05) is 4.72 Å². The van der Waals surface area contributed by atoms with Crippen molar-refractivity contribution in [2.45, 2.75) is 44.8 Å². The first-order valence-corrected chi connectivity index (χ1v) is 9.81. The van der Waals surface area contributed by atoms with Gasteiger partial charge in [0.2, 0.25) is 10.0 Å². The van der Waals surface area contributed by atoms with Crippen LogP contribution in [0.4, 0.5) is 4.39 Å². The molecule has 2 rings (SSSR count). The molecule has 1 N–H and O–H groups in total. The number of hydrogen-bond donors (Lipinski definition) is 1. The van der Waals surface area contributed by atoms with Gasteiger partial charge in [-0.25, -0.2) is 17.5 Å². The highest BCUT2D eigenvalue weighted by molar-refractivity contribution is 7.90. The highest BCUT2D eigenvalue weighted by Gasteiger charge is 2.24. The zero-order valence-corrected chi connectivity index (χ0v) is 15.2. The van der Waals surface area contributed by atoms with E-state index in [0.29, 0.717) is 12.5 Å². The minimum absolute atomic E-state index is 0.0708. The van der Waals surface area contributed by atoms with E-state index < -0.39 is 32.6 Å². The van der Waals surface area contributed by atoms with Crippen LogP contribution in [0.1, 0.15) is 49.9 Å². The zero-order valence-electron chi connectivity index (χ0n) is 13.6. The van der Waals surface area contributed by atoms with Crippen LogP contribution in [0.5, 0.6) is 5.75 Å². The molecule has 5 nitrogen and oxygen atoms in total. The maximum atomic E-state index is 14.2. The first kappa shape index (κ1) is 19.0. The average Bonchev–Trinajstić information content (AvgIpc) is 3.00. The number of halogens is 2. The molecule has 1 amide bonds. The van der Waals surface area contributed by atoms with Crippen molar-refractivity contribution in [1.29, 1.82) is 0 Å². The molecule has 0 spiro atoms. The van der Waals surface area contributed by atoms with E-state index in [1.165, 1.54) is 26.7 Å². The van der Waals surface area contributed by atoms with Crippen LogP contribution < -0.4 is 9.46 Å². The molecule has 1 saturated carbocycles. The fourth-order valence-electron chi connectivity index (χ4n) is 2.50. The number of sulfonamides is 1. The first-order chi connectivity index (χ1) is 11.2. The van der Waals surface area contributed by atoms with Crippen molar-refractivity contribution in [1.82, 2.24) is 4.72 Å². The van der Waals surface area contributed by atoms with Crippen molar-refractivity contribution in [3.05, 3.63) is 28.5 Å². The molecule has 1 aliphatic rings. The normalized spacial score (nSPS) is 15.7. The summed E-state index contributed by atoms with van der Waals surface area (Å²) in [6.45, 7) is 3.28. The van der Waals surface area contributed by atoms with Crippen LogP contribution in [-0.2, 0) is 10.0 Å². The zero-order chi connectivity index (χ0) is 17.9. The molecule has 0 atom stereocenters. The molecule has 0 aromatic heterocycles. The van der Waals surface area contributed by atoms with Gasteiger partial charge >= 0.3 is 0 Å². The Hall–Kier alpha value is -1.34. The SMILES string of the molecule is CC(C)S(=O)(=O)NC(=O)c1cc(Cl)c(OCC2CCCC2)cc1F. The minimum atomic E-state index is -3.85. The topological polar surface area (TPSA) is 72.5 Å². The van der Waals surface area contributed by atoms with E-state index >= 15 is 0 Å². The summed E-state index contributed by atoms with van der Waals surface area (Å²) in [5.41, 5.74) is -0.433. The van der Waals surface area contributed by atoms with E-state index in [2.05, 4.69) is 0 Å². The van der Waals surface area contributed by atoms with Gasteiger partial charge in [0, 0.05) is 6.07 Å². The number of rotatable bonds is 6. The summed E-state index contributed by atoms with van der Waals surface area (Å²) < 4.78 is 45.0. The number of benzene rings is 1. The summed E-state index contributed by atoms with van der Waals surface area (Å²) in [7, 11) is -3.85. The van der Waals surface area contributed by atoms with Gasteiger partial charge in [-0.3, -0.25) is 4.79 Å². The number of carbonyl (C=O) groups excluding carboxylic acids is 1. The number of carbonyl (C=O) groups is 1. The summed E-state index contributed by atoms with van der Waals surface area (Å²) in [5, 5.41) is -0.740. The van der Waals surface area contributed by atoms with Crippen molar-refractivity contribution in [3.8, 4) is 5.75 Å². The van der Waals surface area contributed by atoms with E-state index in [1.54, 1.807) is 0 Å². The van der Waals surface area contributed by atoms with Gasteiger partial charge in [0.25, 0.3) is 5.91 Å². The molecule has 1 aromatic rings. The van der Waals surface area contributed by atoms with Crippen LogP contribution in [0.25, 0.3) is 0 Å². The third-order valence-corrected chi connectivity index (χ3v) is 6.08. The lowest BCUT2D eigenvalue weighted by molar-refractivity contribution is 0.0977. The van der Waals surface area contributed by atoms with Gasteiger partial charge in [0.15, 0.2) is 0 Å². The molecule has 8 heteroatoms. The molecule has 0 saturated heterocycles. The van der Waals surface area contributed by atoms with Gasteiger partial charge in [0.1, 0.15) is 11.6 Å². The van der Waals surface area contributed by atoms with Gasteiger partial charge < -0.3 is 4.74 Å². The predicted octanol–water partition coefficient (Wildman–Crippen LogP) is 3.52. The molecule has 0 radical (unpaired) electrons. The second-order valence-electron chi connectivity index (χ2n) is 6.25. The van der Waals surface area contributed by atoms with Crippen molar-refractivity contribution in [2.24, 2.45) is 5.92 Å². The Kier molecular flexibility index (Phi) is 6.09. The number of amides is 1. The molecular formula is C16H21ClFNO4S. The standard InChI is InChI=1S/C16H21ClFNO4S/c1-10(2)24(21,22)19-16(20)12-7-13(17)15(8-14(12)18)23-9-11-5-3-4-6-11/h7-8,10-11H,3-6,9H2,1-2H3,(H,19,20). The van der Waals surface area contributed by atoms with Gasteiger partial charge in [-0.1, -0.05) is 24.4 Å². The summed E-state index contributed by atoms with van der Waals surface area (Å²) in [6.07, 6.45) is 4.49. The summed E-state index contributed by atoms with van der Waals surface area (Å²) >= 11 is 6.04. The van der Waals surface area contributed by atoms with Crippen LogP contribution >= 0.6 is 11.6 Å². The average molecular weight is 378 g/mol. The van der Waals surface area contributed by atoms with Crippen molar-refractivity contribution in [2.75, 3.05) is 6.61 Å². The molecular weight excluding hydrogens is 357 g/mol. The van der Waals surface area contributed by atoms with Crippen LogP contribution in [0.3, 0.4) is 0 Å². The number of hydrogen-bond acceptors (Lipinski definition) is 4. The Bertz CT molecular complexity index is 715. The van der Waals surface area contributed by atoms with Gasteiger partial charge in [-0.05, 0) is 38.7 Å². The lowest BCUT2D eigenvalue weighted by Crippen LogP contribution is -2.36. The Morgan fingerprint density at radius 1 is 1.38 bits per heavy atom. The Morgan fingerprint density at radius 3 is 2.58 bits per heavy atom. The fraction of sp³-hybridized carbons (Fsp3) is 0.562. The second kappa shape index (κ2) is 7.70. The quantitative estimate of drug-likeness (QED) is 0.823. The Morgan fingerprint density at radius 2 is 2.00 bits per heavy atom. The maximum absolute atomic E-state index is 14.2. The third kappa shape index (κ3) is 4.60. The Balaban J connectivity index is 2.12. The van der Waals surface area contributed by atoms with Crippen LogP contribution in [0.15, 0.2) is 12.1 Å². The smallest absolute Gasteiger partial charge is 0.267 e. The highest BCUT2D eigenvalue weighted by atomic mass is 35.5. The van der Waals surface area contributed by atoms with Crippen molar-refractivity contribution < 1.29 is 22.3 Å². The summed E-state index contributed by atoms with van der Waals surface area (Å²) in [5.74, 6) is -1.34. The van der Waals surface area contributed by atoms with E-state index in [9.17, 15) is 17.6 Å². The highest BCUT2D eigenvalue weighted by Crippen LogP contribution is 2.30.